The minimum atomic E-state index is 0.362. The smallest absolute Gasteiger partial charge is 0.114 e. The molecule has 1 atom stereocenters. The largest absolute Gasteiger partial charge is 0.330 e. The zero-order valence-corrected chi connectivity index (χ0v) is 12.6. The maximum absolute atomic E-state index is 5.90. The molecule has 0 bridgehead atoms. The third-order valence-corrected chi connectivity index (χ3v) is 3.84. The molecule has 0 radical (unpaired) electrons. The van der Waals surface area contributed by atoms with E-state index in [2.05, 4.69) is 52.5 Å². The van der Waals surface area contributed by atoms with E-state index >= 15 is 0 Å². The summed E-state index contributed by atoms with van der Waals surface area (Å²) < 4.78 is 3.36. The minimum absolute atomic E-state index is 0.362. The van der Waals surface area contributed by atoms with E-state index in [0.29, 0.717) is 12.5 Å². The zero-order chi connectivity index (χ0) is 13.1. The van der Waals surface area contributed by atoms with Crippen molar-refractivity contribution in [3.63, 3.8) is 0 Å². The highest BCUT2D eigenvalue weighted by atomic mass is 79.9. The molecule has 0 saturated carbocycles. The van der Waals surface area contributed by atoms with Crippen LogP contribution in [0.3, 0.4) is 0 Å². The van der Waals surface area contributed by atoms with E-state index < -0.39 is 0 Å². The molecule has 1 aromatic carbocycles. The number of aryl methyl sites for hydroxylation is 1. The molecule has 2 N–H and O–H groups in total. The van der Waals surface area contributed by atoms with Crippen molar-refractivity contribution in [1.82, 2.24) is 9.55 Å². The van der Waals surface area contributed by atoms with Gasteiger partial charge in [-0.3, -0.25) is 0 Å². The van der Waals surface area contributed by atoms with E-state index in [1.807, 2.05) is 0 Å². The van der Waals surface area contributed by atoms with Crippen molar-refractivity contribution in [1.29, 1.82) is 0 Å². The Balaban J connectivity index is 2.55. The lowest BCUT2D eigenvalue weighted by molar-refractivity contribution is 0.557. The summed E-state index contributed by atoms with van der Waals surface area (Å²) in [6, 6.07) is 6.26. The lowest BCUT2D eigenvalue weighted by atomic mass is 10.0. The predicted molar refractivity (Wildman–Crippen MR) is 79.8 cm³/mol. The summed E-state index contributed by atoms with van der Waals surface area (Å²) in [7, 11) is 0. The fraction of sp³-hybridized carbons (Fsp3) is 0.500. The quantitative estimate of drug-likeness (QED) is 0.916. The van der Waals surface area contributed by atoms with Gasteiger partial charge in [0.15, 0.2) is 0 Å². The van der Waals surface area contributed by atoms with E-state index in [-0.39, 0.29) is 0 Å². The Kier molecular flexibility index (Phi) is 4.40. The molecule has 0 aliphatic carbocycles. The summed E-state index contributed by atoms with van der Waals surface area (Å²) in [6.07, 6.45) is 2.24. The molecule has 2 aromatic rings. The number of rotatable bonds is 5. The van der Waals surface area contributed by atoms with Gasteiger partial charge < -0.3 is 10.3 Å². The van der Waals surface area contributed by atoms with Crippen LogP contribution in [0.5, 0.6) is 0 Å². The molecule has 1 aromatic heterocycles. The Hall–Kier alpha value is -0.870. The monoisotopic (exact) mass is 309 g/mol. The molecule has 1 heterocycles. The van der Waals surface area contributed by atoms with Crippen molar-refractivity contribution in [2.75, 3.05) is 6.54 Å². The highest BCUT2D eigenvalue weighted by molar-refractivity contribution is 9.10. The van der Waals surface area contributed by atoms with Gasteiger partial charge in [-0.05, 0) is 31.5 Å². The van der Waals surface area contributed by atoms with Gasteiger partial charge in [0.25, 0.3) is 0 Å². The molecule has 1 unspecified atom stereocenters. The first-order valence-corrected chi connectivity index (χ1v) is 7.36. The fourth-order valence-electron chi connectivity index (χ4n) is 2.47. The second-order valence-electron chi connectivity index (χ2n) is 4.57. The number of hydrogen-bond acceptors (Lipinski definition) is 2. The van der Waals surface area contributed by atoms with Crippen molar-refractivity contribution in [2.45, 2.75) is 39.2 Å². The van der Waals surface area contributed by atoms with Gasteiger partial charge in [0.1, 0.15) is 5.82 Å². The standard InChI is InChI=1S/C14H20BrN3/c1-3-5-10(9-16)14-17-12-8-11(15)6-7-13(12)18(14)4-2/h6-8,10H,3-5,9,16H2,1-2H3. The maximum Gasteiger partial charge on any atom is 0.114 e. The van der Waals surface area contributed by atoms with Crippen LogP contribution < -0.4 is 5.73 Å². The number of fused-ring (bicyclic) bond motifs is 1. The zero-order valence-electron chi connectivity index (χ0n) is 11.0. The van der Waals surface area contributed by atoms with Gasteiger partial charge in [-0.1, -0.05) is 29.3 Å². The predicted octanol–water partition coefficient (Wildman–Crippen LogP) is 3.66. The molecule has 0 spiro atoms. The van der Waals surface area contributed by atoms with Crippen LogP contribution in [0.4, 0.5) is 0 Å². The molecule has 0 saturated heterocycles. The molecular weight excluding hydrogens is 290 g/mol. The second kappa shape index (κ2) is 5.85. The van der Waals surface area contributed by atoms with E-state index in [1.54, 1.807) is 0 Å². The first kappa shape index (κ1) is 13.6. The van der Waals surface area contributed by atoms with Crippen LogP contribution in [-0.4, -0.2) is 16.1 Å². The van der Waals surface area contributed by atoms with Crippen LogP contribution >= 0.6 is 15.9 Å². The minimum Gasteiger partial charge on any atom is -0.330 e. The van der Waals surface area contributed by atoms with Crippen molar-refractivity contribution >= 4 is 27.0 Å². The van der Waals surface area contributed by atoms with E-state index in [0.717, 1.165) is 35.2 Å². The summed E-state index contributed by atoms with van der Waals surface area (Å²) in [5, 5.41) is 0. The third-order valence-electron chi connectivity index (χ3n) is 3.34. The molecule has 18 heavy (non-hydrogen) atoms. The molecule has 0 amide bonds. The van der Waals surface area contributed by atoms with Crippen molar-refractivity contribution in [3.8, 4) is 0 Å². The number of aromatic nitrogens is 2. The van der Waals surface area contributed by atoms with Gasteiger partial charge in [-0.2, -0.15) is 0 Å². The van der Waals surface area contributed by atoms with Crippen molar-refractivity contribution in [2.24, 2.45) is 5.73 Å². The number of benzene rings is 1. The van der Waals surface area contributed by atoms with Crippen LogP contribution in [0.25, 0.3) is 11.0 Å². The molecular formula is C14H20BrN3. The summed E-state index contributed by atoms with van der Waals surface area (Å²) in [6.45, 7) is 5.95. The van der Waals surface area contributed by atoms with Crippen LogP contribution in [0.1, 0.15) is 38.4 Å². The SMILES string of the molecule is CCCC(CN)c1nc2cc(Br)ccc2n1CC. The molecule has 4 heteroatoms. The Morgan fingerprint density at radius 3 is 2.78 bits per heavy atom. The lowest BCUT2D eigenvalue weighted by Gasteiger charge is -2.15. The molecule has 98 valence electrons. The van der Waals surface area contributed by atoms with Gasteiger partial charge in [-0.25, -0.2) is 4.98 Å². The van der Waals surface area contributed by atoms with E-state index in [4.69, 9.17) is 10.7 Å². The van der Waals surface area contributed by atoms with Crippen molar-refractivity contribution in [3.05, 3.63) is 28.5 Å². The first-order valence-electron chi connectivity index (χ1n) is 6.57. The summed E-state index contributed by atoms with van der Waals surface area (Å²) in [4.78, 5) is 4.79. The van der Waals surface area contributed by atoms with E-state index in [1.165, 1.54) is 5.52 Å². The topological polar surface area (TPSA) is 43.8 Å². The van der Waals surface area contributed by atoms with E-state index in [9.17, 15) is 0 Å². The summed E-state index contributed by atoms with van der Waals surface area (Å²) in [5.41, 5.74) is 8.15. The Morgan fingerprint density at radius 1 is 1.39 bits per heavy atom. The number of halogens is 1. The normalized spacial score (nSPS) is 13.1. The lowest BCUT2D eigenvalue weighted by Crippen LogP contribution is -2.17. The van der Waals surface area contributed by atoms with Gasteiger partial charge in [0.2, 0.25) is 0 Å². The van der Waals surface area contributed by atoms with Gasteiger partial charge in [-0.15, -0.1) is 0 Å². The fourth-order valence-corrected chi connectivity index (χ4v) is 2.82. The molecule has 0 aliphatic heterocycles. The molecule has 2 rings (SSSR count). The van der Waals surface area contributed by atoms with Crippen LogP contribution in [-0.2, 0) is 6.54 Å². The maximum atomic E-state index is 5.90. The van der Waals surface area contributed by atoms with Crippen LogP contribution in [0, 0.1) is 0 Å². The highest BCUT2D eigenvalue weighted by Gasteiger charge is 2.17. The average Bonchev–Trinajstić information content (AvgIpc) is 2.73. The summed E-state index contributed by atoms with van der Waals surface area (Å²) >= 11 is 3.50. The van der Waals surface area contributed by atoms with Crippen molar-refractivity contribution < 1.29 is 0 Å². The number of nitrogens with zero attached hydrogens (tertiary/aromatic N) is 2. The van der Waals surface area contributed by atoms with Gasteiger partial charge in [0.05, 0.1) is 11.0 Å². The molecule has 3 nitrogen and oxygen atoms in total. The van der Waals surface area contributed by atoms with Gasteiger partial charge in [0, 0.05) is 23.5 Å². The molecule has 0 aliphatic rings. The number of hydrogen-bond donors (Lipinski definition) is 1. The Morgan fingerprint density at radius 2 is 2.17 bits per heavy atom. The summed E-state index contributed by atoms with van der Waals surface area (Å²) in [5.74, 6) is 1.50. The highest BCUT2D eigenvalue weighted by Crippen LogP contribution is 2.26. The van der Waals surface area contributed by atoms with Crippen LogP contribution in [0.15, 0.2) is 22.7 Å². The van der Waals surface area contributed by atoms with Crippen LogP contribution in [0.2, 0.25) is 0 Å². The second-order valence-corrected chi connectivity index (χ2v) is 5.48. The third kappa shape index (κ3) is 2.45. The Bertz CT molecular complexity index is 533. The molecule has 0 fully saturated rings. The number of nitrogens with two attached hydrogens (primary N) is 1. The first-order chi connectivity index (χ1) is 8.71. The number of imidazole rings is 1. The Labute approximate surface area is 117 Å². The van der Waals surface area contributed by atoms with Gasteiger partial charge >= 0.3 is 0 Å². The average molecular weight is 310 g/mol.